The Morgan fingerprint density at radius 1 is 1.36 bits per heavy atom. The first-order valence-electron chi connectivity index (χ1n) is 4.52. The Labute approximate surface area is 88.5 Å². The molecule has 0 saturated carbocycles. The van der Waals surface area contributed by atoms with Crippen molar-refractivity contribution in [3.63, 3.8) is 0 Å². The van der Waals surface area contributed by atoms with Crippen molar-refractivity contribution in [1.29, 1.82) is 5.26 Å². The van der Waals surface area contributed by atoms with E-state index >= 15 is 0 Å². The fraction of sp³-hybridized carbons (Fsp3) is 0.400. The van der Waals surface area contributed by atoms with Crippen molar-refractivity contribution in [2.75, 3.05) is 5.73 Å². The SMILES string of the molecule is CCc1c(N)nc(Cl)c(C#N)c1CC. The summed E-state index contributed by atoms with van der Waals surface area (Å²) in [5.41, 5.74) is 8.05. The van der Waals surface area contributed by atoms with Crippen molar-refractivity contribution in [3.8, 4) is 6.07 Å². The summed E-state index contributed by atoms with van der Waals surface area (Å²) in [6.45, 7) is 3.96. The molecule has 0 amide bonds. The number of hydrogen-bond donors (Lipinski definition) is 1. The third kappa shape index (κ3) is 1.66. The Hall–Kier alpha value is -1.27. The lowest BCUT2D eigenvalue weighted by Gasteiger charge is -2.11. The minimum atomic E-state index is 0.207. The van der Waals surface area contributed by atoms with Gasteiger partial charge < -0.3 is 5.73 Å². The van der Waals surface area contributed by atoms with E-state index in [2.05, 4.69) is 11.1 Å². The number of pyridine rings is 1. The Bertz CT molecular complexity index is 393. The zero-order valence-corrected chi connectivity index (χ0v) is 9.02. The quantitative estimate of drug-likeness (QED) is 0.761. The molecule has 4 heteroatoms. The normalized spacial score (nSPS) is 9.86. The number of aromatic nitrogens is 1. The summed E-state index contributed by atoms with van der Waals surface area (Å²) in [6, 6.07) is 2.07. The third-order valence-corrected chi connectivity index (χ3v) is 2.49. The second-order valence-corrected chi connectivity index (χ2v) is 3.30. The predicted octanol–water partition coefficient (Wildman–Crippen LogP) is 2.31. The van der Waals surface area contributed by atoms with Gasteiger partial charge in [-0.05, 0) is 24.0 Å². The molecule has 0 aliphatic rings. The minimum absolute atomic E-state index is 0.207. The van der Waals surface area contributed by atoms with Gasteiger partial charge in [0.1, 0.15) is 17.0 Å². The molecule has 0 atom stereocenters. The van der Waals surface area contributed by atoms with Gasteiger partial charge in [-0.25, -0.2) is 4.98 Å². The average molecular weight is 210 g/mol. The summed E-state index contributed by atoms with van der Waals surface area (Å²) in [7, 11) is 0. The molecule has 1 aromatic heterocycles. The van der Waals surface area contributed by atoms with Gasteiger partial charge >= 0.3 is 0 Å². The van der Waals surface area contributed by atoms with E-state index in [1.165, 1.54) is 0 Å². The number of nitrogens with zero attached hydrogens (tertiary/aromatic N) is 2. The molecule has 0 radical (unpaired) electrons. The molecule has 1 heterocycles. The maximum atomic E-state index is 8.93. The van der Waals surface area contributed by atoms with Gasteiger partial charge in [0.25, 0.3) is 0 Å². The van der Waals surface area contributed by atoms with Gasteiger partial charge in [0.2, 0.25) is 0 Å². The van der Waals surface area contributed by atoms with E-state index in [-0.39, 0.29) is 5.15 Å². The lowest BCUT2D eigenvalue weighted by Crippen LogP contribution is -2.05. The second-order valence-electron chi connectivity index (χ2n) is 2.94. The monoisotopic (exact) mass is 209 g/mol. The number of hydrogen-bond acceptors (Lipinski definition) is 3. The lowest BCUT2D eigenvalue weighted by atomic mass is 10.00. The summed E-state index contributed by atoms with van der Waals surface area (Å²) < 4.78 is 0. The number of nitriles is 1. The van der Waals surface area contributed by atoms with E-state index in [1.54, 1.807) is 0 Å². The highest BCUT2D eigenvalue weighted by Gasteiger charge is 2.14. The molecule has 0 aromatic carbocycles. The van der Waals surface area contributed by atoms with Crippen molar-refractivity contribution < 1.29 is 0 Å². The summed E-state index contributed by atoms with van der Waals surface area (Å²) in [5.74, 6) is 0.438. The van der Waals surface area contributed by atoms with Gasteiger partial charge in [-0.3, -0.25) is 0 Å². The van der Waals surface area contributed by atoms with Gasteiger partial charge in [0, 0.05) is 0 Å². The van der Waals surface area contributed by atoms with Crippen LogP contribution in [0, 0.1) is 11.3 Å². The summed E-state index contributed by atoms with van der Waals surface area (Å²) in [5, 5.41) is 9.13. The van der Waals surface area contributed by atoms with Crippen LogP contribution in [0.25, 0.3) is 0 Å². The van der Waals surface area contributed by atoms with Gasteiger partial charge in [0.05, 0.1) is 5.56 Å². The van der Waals surface area contributed by atoms with Crippen molar-refractivity contribution in [2.45, 2.75) is 26.7 Å². The molecule has 0 saturated heterocycles. The maximum Gasteiger partial charge on any atom is 0.149 e. The smallest absolute Gasteiger partial charge is 0.149 e. The van der Waals surface area contributed by atoms with E-state index in [1.807, 2.05) is 13.8 Å². The van der Waals surface area contributed by atoms with Crippen LogP contribution in [0.15, 0.2) is 0 Å². The van der Waals surface area contributed by atoms with Crippen LogP contribution < -0.4 is 5.73 Å². The highest BCUT2D eigenvalue weighted by atomic mass is 35.5. The Balaban J connectivity index is 3.53. The van der Waals surface area contributed by atoms with E-state index < -0.39 is 0 Å². The standard InChI is InChI=1S/C10H12ClN3/c1-3-6-7(4-2)10(13)14-9(11)8(6)5-12/h3-4H2,1-2H3,(H2,13,14). The van der Waals surface area contributed by atoms with Gasteiger partial charge in [0.15, 0.2) is 0 Å². The molecule has 0 spiro atoms. The molecular weight excluding hydrogens is 198 g/mol. The minimum Gasteiger partial charge on any atom is -0.383 e. The zero-order chi connectivity index (χ0) is 10.7. The van der Waals surface area contributed by atoms with Crippen LogP contribution in [0.1, 0.15) is 30.5 Å². The van der Waals surface area contributed by atoms with E-state index in [0.717, 1.165) is 24.0 Å². The van der Waals surface area contributed by atoms with Crippen molar-refractivity contribution in [3.05, 3.63) is 21.8 Å². The molecule has 0 aliphatic heterocycles. The Kier molecular flexibility index (Phi) is 3.32. The van der Waals surface area contributed by atoms with Gasteiger partial charge in [-0.15, -0.1) is 0 Å². The number of nitrogen functional groups attached to an aromatic ring is 1. The molecule has 0 fully saturated rings. The van der Waals surface area contributed by atoms with Gasteiger partial charge in [-0.2, -0.15) is 5.26 Å². The predicted molar refractivity (Wildman–Crippen MR) is 57.1 cm³/mol. The molecule has 2 N–H and O–H groups in total. The molecular formula is C10H12ClN3. The van der Waals surface area contributed by atoms with Crippen molar-refractivity contribution in [1.82, 2.24) is 4.98 Å². The Morgan fingerprint density at radius 3 is 2.36 bits per heavy atom. The lowest BCUT2D eigenvalue weighted by molar-refractivity contribution is 1.01. The Morgan fingerprint density at radius 2 is 1.93 bits per heavy atom. The molecule has 74 valence electrons. The molecule has 1 aromatic rings. The van der Waals surface area contributed by atoms with Crippen LogP contribution in [0.5, 0.6) is 0 Å². The topological polar surface area (TPSA) is 62.7 Å². The molecule has 0 bridgehead atoms. The zero-order valence-electron chi connectivity index (χ0n) is 8.26. The number of nitrogens with two attached hydrogens (primary N) is 1. The molecule has 0 unspecified atom stereocenters. The summed E-state index contributed by atoms with van der Waals surface area (Å²) >= 11 is 5.83. The highest BCUT2D eigenvalue weighted by Crippen LogP contribution is 2.25. The molecule has 1 rings (SSSR count). The average Bonchev–Trinajstić information content (AvgIpc) is 2.16. The van der Waals surface area contributed by atoms with Crippen LogP contribution in [0.3, 0.4) is 0 Å². The van der Waals surface area contributed by atoms with E-state index in [9.17, 15) is 0 Å². The highest BCUT2D eigenvalue weighted by molar-refractivity contribution is 6.30. The first-order valence-corrected chi connectivity index (χ1v) is 4.90. The second kappa shape index (κ2) is 4.30. The van der Waals surface area contributed by atoms with Crippen LogP contribution >= 0.6 is 11.6 Å². The van der Waals surface area contributed by atoms with E-state index in [0.29, 0.717) is 11.4 Å². The van der Waals surface area contributed by atoms with Crippen LogP contribution in [-0.2, 0) is 12.8 Å². The van der Waals surface area contributed by atoms with Gasteiger partial charge in [-0.1, -0.05) is 25.4 Å². The van der Waals surface area contributed by atoms with Crippen LogP contribution in [-0.4, -0.2) is 4.98 Å². The number of anilines is 1. The largest absolute Gasteiger partial charge is 0.383 e. The van der Waals surface area contributed by atoms with Crippen LogP contribution in [0.4, 0.5) is 5.82 Å². The first kappa shape index (κ1) is 10.8. The summed E-state index contributed by atoms with van der Waals surface area (Å²) in [6.07, 6.45) is 1.52. The van der Waals surface area contributed by atoms with E-state index in [4.69, 9.17) is 22.6 Å². The molecule has 3 nitrogen and oxygen atoms in total. The number of rotatable bonds is 2. The third-order valence-electron chi connectivity index (χ3n) is 2.22. The fourth-order valence-electron chi connectivity index (χ4n) is 1.56. The molecule has 14 heavy (non-hydrogen) atoms. The number of halogens is 1. The van der Waals surface area contributed by atoms with Crippen molar-refractivity contribution in [2.24, 2.45) is 0 Å². The first-order chi connectivity index (χ1) is 6.65. The van der Waals surface area contributed by atoms with Crippen LogP contribution in [0.2, 0.25) is 5.15 Å². The van der Waals surface area contributed by atoms with Crippen molar-refractivity contribution >= 4 is 17.4 Å². The summed E-state index contributed by atoms with van der Waals surface area (Å²) in [4.78, 5) is 3.94. The maximum absolute atomic E-state index is 8.93. The molecule has 0 aliphatic carbocycles. The fourth-order valence-corrected chi connectivity index (χ4v) is 1.80.